The van der Waals surface area contributed by atoms with Crippen molar-refractivity contribution < 1.29 is 14.3 Å². The van der Waals surface area contributed by atoms with Crippen LogP contribution in [0.4, 0.5) is 5.69 Å². The molecule has 2 aliphatic rings. The van der Waals surface area contributed by atoms with Gasteiger partial charge in [-0.1, -0.05) is 23.8 Å². The van der Waals surface area contributed by atoms with E-state index in [0.717, 1.165) is 25.2 Å². The van der Waals surface area contributed by atoms with E-state index in [4.69, 9.17) is 4.74 Å². The Hall–Kier alpha value is -2.34. The smallest absolute Gasteiger partial charge is 0.227 e. The minimum Gasteiger partial charge on any atom is -0.492 e. The van der Waals surface area contributed by atoms with Crippen LogP contribution in [0.1, 0.15) is 19.8 Å². The number of nitrogens with zero attached hydrogens (tertiary/aromatic N) is 1. The first-order chi connectivity index (χ1) is 12.2. The lowest BCUT2D eigenvalue weighted by molar-refractivity contribution is -0.126. The van der Waals surface area contributed by atoms with Crippen LogP contribution in [0.2, 0.25) is 0 Å². The summed E-state index contributed by atoms with van der Waals surface area (Å²) in [6.45, 7) is 5.22. The van der Waals surface area contributed by atoms with Crippen molar-refractivity contribution in [3.05, 3.63) is 35.9 Å². The largest absolute Gasteiger partial charge is 0.492 e. The molecule has 134 valence electrons. The van der Waals surface area contributed by atoms with E-state index in [9.17, 15) is 9.59 Å². The lowest BCUT2D eigenvalue weighted by Crippen LogP contribution is -2.35. The first-order valence-electron chi connectivity index (χ1n) is 8.87. The highest BCUT2D eigenvalue weighted by Crippen LogP contribution is 2.33. The van der Waals surface area contributed by atoms with Crippen LogP contribution in [0.5, 0.6) is 5.75 Å². The van der Waals surface area contributed by atoms with Gasteiger partial charge >= 0.3 is 0 Å². The van der Waals surface area contributed by atoms with Crippen LogP contribution in [-0.2, 0) is 9.59 Å². The van der Waals surface area contributed by atoms with E-state index in [0.29, 0.717) is 25.4 Å². The third-order valence-corrected chi connectivity index (χ3v) is 4.60. The highest BCUT2D eigenvalue weighted by atomic mass is 16.5. The predicted molar refractivity (Wildman–Crippen MR) is 96.7 cm³/mol. The van der Waals surface area contributed by atoms with E-state index in [-0.39, 0.29) is 24.2 Å². The van der Waals surface area contributed by atoms with Gasteiger partial charge in [0, 0.05) is 26.1 Å². The number of carbonyl (C=O) groups excluding carboxylic acids is 2. The van der Waals surface area contributed by atoms with Crippen molar-refractivity contribution in [1.29, 1.82) is 0 Å². The summed E-state index contributed by atoms with van der Waals surface area (Å²) in [6.07, 6.45) is 3.32. The minimum atomic E-state index is -0.315. The minimum absolute atomic E-state index is 0.0339. The molecule has 2 aliphatic heterocycles. The molecule has 6 nitrogen and oxygen atoms in total. The summed E-state index contributed by atoms with van der Waals surface area (Å²) in [6, 6.07) is 7.47. The molecule has 2 amide bonds. The molecule has 1 saturated heterocycles. The Kier molecular flexibility index (Phi) is 5.71. The summed E-state index contributed by atoms with van der Waals surface area (Å²) in [5, 5.41) is 6.23. The van der Waals surface area contributed by atoms with Gasteiger partial charge < -0.3 is 20.3 Å². The summed E-state index contributed by atoms with van der Waals surface area (Å²) in [5.41, 5.74) is 1.99. The summed E-state index contributed by atoms with van der Waals surface area (Å²) in [5.74, 6) is 0.279. The first-order valence-corrected chi connectivity index (χ1v) is 8.87. The Bertz CT molecular complexity index is 672. The normalized spacial score (nSPS) is 20.4. The van der Waals surface area contributed by atoms with Gasteiger partial charge in [0.15, 0.2) is 0 Å². The molecule has 2 heterocycles. The van der Waals surface area contributed by atoms with Gasteiger partial charge in [-0.05, 0) is 32.0 Å². The monoisotopic (exact) mass is 343 g/mol. The predicted octanol–water partition coefficient (Wildman–Crippen LogP) is 1.47. The lowest BCUT2D eigenvalue weighted by Gasteiger charge is -2.20. The van der Waals surface area contributed by atoms with Gasteiger partial charge in [-0.25, -0.2) is 0 Å². The van der Waals surface area contributed by atoms with Crippen molar-refractivity contribution in [1.82, 2.24) is 10.6 Å². The van der Waals surface area contributed by atoms with E-state index in [1.165, 1.54) is 5.57 Å². The van der Waals surface area contributed by atoms with Crippen molar-refractivity contribution in [2.24, 2.45) is 5.92 Å². The molecule has 1 aromatic carbocycles. The second-order valence-corrected chi connectivity index (χ2v) is 6.34. The Morgan fingerprint density at radius 3 is 3.00 bits per heavy atom. The number of ether oxygens (including phenoxy) is 1. The zero-order valence-electron chi connectivity index (χ0n) is 14.6. The lowest BCUT2D eigenvalue weighted by atomic mass is 10.1. The molecule has 0 radical (unpaired) electrons. The standard InChI is InChI=1S/C19H25N3O3/c1-2-25-17-6-4-3-5-16(17)22-13-15(11-18(22)23)19(24)21-12-14-7-9-20-10-8-14/h3-7,15,20H,2,8-13H2,1H3,(H,21,24). The number of nitrogens with one attached hydrogen (secondary N) is 2. The second-order valence-electron chi connectivity index (χ2n) is 6.34. The number of anilines is 1. The molecule has 25 heavy (non-hydrogen) atoms. The first kappa shape index (κ1) is 17.5. The van der Waals surface area contributed by atoms with Crippen molar-refractivity contribution in [2.45, 2.75) is 19.8 Å². The fourth-order valence-electron chi connectivity index (χ4n) is 3.25. The molecule has 1 aromatic rings. The van der Waals surface area contributed by atoms with E-state index in [1.54, 1.807) is 4.90 Å². The SMILES string of the molecule is CCOc1ccccc1N1CC(C(=O)NCC2=CCNCC2)CC1=O. The molecule has 1 unspecified atom stereocenters. The maximum Gasteiger partial charge on any atom is 0.227 e. The van der Waals surface area contributed by atoms with Gasteiger partial charge in [-0.15, -0.1) is 0 Å². The van der Waals surface area contributed by atoms with Crippen molar-refractivity contribution in [3.63, 3.8) is 0 Å². The Morgan fingerprint density at radius 2 is 2.24 bits per heavy atom. The molecule has 2 N–H and O–H groups in total. The van der Waals surface area contributed by atoms with Crippen LogP contribution >= 0.6 is 0 Å². The van der Waals surface area contributed by atoms with Gasteiger partial charge in [0.1, 0.15) is 5.75 Å². The molecular weight excluding hydrogens is 318 g/mol. The van der Waals surface area contributed by atoms with E-state index in [2.05, 4.69) is 16.7 Å². The molecule has 1 atom stereocenters. The van der Waals surface area contributed by atoms with Crippen LogP contribution in [0.15, 0.2) is 35.9 Å². The topological polar surface area (TPSA) is 70.7 Å². The van der Waals surface area contributed by atoms with Crippen LogP contribution < -0.4 is 20.3 Å². The van der Waals surface area contributed by atoms with Gasteiger partial charge in [-0.2, -0.15) is 0 Å². The van der Waals surface area contributed by atoms with Crippen molar-refractivity contribution in [3.8, 4) is 5.75 Å². The van der Waals surface area contributed by atoms with Crippen LogP contribution in [0.3, 0.4) is 0 Å². The quantitative estimate of drug-likeness (QED) is 0.768. The van der Waals surface area contributed by atoms with E-state index < -0.39 is 0 Å². The summed E-state index contributed by atoms with van der Waals surface area (Å²) in [4.78, 5) is 26.5. The molecule has 0 aliphatic carbocycles. The van der Waals surface area contributed by atoms with Gasteiger partial charge in [0.25, 0.3) is 0 Å². The van der Waals surface area contributed by atoms with Gasteiger partial charge in [0.05, 0.1) is 18.2 Å². The highest BCUT2D eigenvalue weighted by Gasteiger charge is 2.36. The molecule has 0 spiro atoms. The molecule has 0 aromatic heterocycles. The van der Waals surface area contributed by atoms with Crippen molar-refractivity contribution >= 4 is 17.5 Å². The molecule has 0 saturated carbocycles. The third kappa shape index (κ3) is 4.20. The number of hydrogen-bond donors (Lipinski definition) is 2. The van der Waals surface area contributed by atoms with E-state index in [1.807, 2.05) is 31.2 Å². The van der Waals surface area contributed by atoms with Gasteiger partial charge in [0.2, 0.25) is 11.8 Å². The van der Waals surface area contributed by atoms with E-state index >= 15 is 0 Å². The zero-order chi connectivity index (χ0) is 17.6. The number of benzene rings is 1. The number of carbonyl (C=O) groups is 2. The Balaban J connectivity index is 1.62. The average Bonchev–Trinajstić information content (AvgIpc) is 3.03. The summed E-state index contributed by atoms with van der Waals surface area (Å²) >= 11 is 0. The number of amides is 2. The van der Waals surface area contributed by atoms with Crippen LogP contribution in [0, 0.1) is 5.92 Å². The zero-order valence-corrected chi connectivity index (χ0v) is 14.6. The van der Waals surface area contributed by atoms with Crippen LogP contribution in [-0.4, -0.2) is 44.6 Å². The number of para-hydroxylation sites is 2. The highest BCUT2D eigenvalue weighted by molar-refractivity contribution is 6.01. The maximum atomic E-state index is 12.5. The molecule has 0 bridgehead atoms. The maximum absolute atomic E-state index is 12.5. The number of rotatable bonds is 6. The summed E-state index contributed by atoms with van der Waals surface area (Å²) < 4.78 is 5.61. The molecule has 1 fully saturated rings. The van der Waals surface area contributed by atoms with Crippen molar-refractivity contribution in [2.75, 3.05) is 37.7 Å². The molecular formula is C19H25N3O3. The Morgan fingerprint density at radius 1 is 1.40 bits per heavy atom. The van der Waals surface area contributed by atoms with Crippen LogP contribution in [0.25, 0.3) is 0 Å². The average molecular weight is 343 g/mol. The summed E-state index contributed by atoms with van der Waals surface area (Å²) in [7, 11) is 0. The van der Waals surface area contributed by atoms with Gasteiger partial charge in [-0.3, -0.25) is 9.59 Å². The number of hydrogen-bond acceptors (Lipinski definition) is 4. The second kappa shape index (κ2) is 8.16. The molecule has 3 rings (SSSR count). The third-order valence-electron chi connectivity index (χ3n) is 4.60. The molecule has 6 heteroatoms. The Labute approximate surface area is 148 Å². The fraction of sp³-hybridized carbons (Fsp3) is 0.474. The fourth-order valence-corrected chi connectivity index (χ4v) is 3.25.